The normalized spacial score (nSPS) is 11.4. The Bertz CT molecular complexity index is 638. The van der Waals surface area contributed by atoms with E-state index in [0.29, 0.717) is 12.1 Å². The largest absolute Gasteiger partial charge is 0.326 e. The van der Waals surface area contributed by atoms with Gasteiger partial charge in [0.05, 0.1) is 4.90 Å². The molecule has 1 aromatic heterocycles. The van der Waals surface area contributed by atoms with Crippen LogP contribution in [-0.2, 0) is 16.6 Å². The number of hydrogen-bond donors (Lipinski definition) is 2. The average molecular weight is 284 g/mol. The Kier molecular flexibility index (Phi) is 3.60. The molecule has 1 aromatic carbocycles. The first kappa shape index (κ1) is 12.9. The van der Waals surface area contributed by atoms with E-state index in [-0.39, 0.29) is 10.0 Å². The molecule has 0 spiro atoms. The first-order chi connectivity index (χ1) is 8.54. The van der Waals surface area contributed by atoms with Crippen LogP contribution >= 0.6 is 11.3 Å². The van der Waals surface area contributed by atoms with E-state index in [2.05, 4.69) is 14.9 Å². The third-order valence-corrected chi connectivity index (χ3v) is 4.71. The molecular weight excluding hydrogens is 272 g/mol. The van der Waals surface area contributed by atoms with Gasteiger partial charge in [-0.2, -0.15) is 0 Å². The number of hydrogen-bond acceptors (Lipinski definition) is 6. The predicted octanol–water partition coefficient (Wildman–Crippen LogP) is 1.11. The molecular formula is C10H12N4O2S2. The number of aromatic nitrogens is 2. The van der Waals surface area contributed by atoms with Crippen LogP contribution < -0.4 is 10.5 Å². The highest BCUT2D eigenvalue weighted by Gasteiger charge is 2.19. The molecule has 8 heteroatoms. The Morgan fingerprint density at radius 3 is 2.83 bits per heavy atom. The Balaban J connectivity index is 2.42. The van der Waals surface area contributed by atoms with Crippen molar-refractivity contribution in [3.8, 4) is 0 Å². The summed E-state index contributed by atoms with van der Waals surface area (Å²) in [6.45, 7) is 2.03. The predicted molar refractivity (Wildman–Crippen MR) is 69.8 cm³/mol. The highest BCUT2D eigenvalue weighted by molar-refractivity contribution is 7.93. The lowest BCUT2D eigenvalue weighted by Crippen LogP contribution is -2.15. The van der Waals surface area contributed by atoms with Gasteiger partial charge in [0, 0.05) is 6.54 Å². The molecule has 0 aliphatic heterocycles. The molecule has 3 N–H and O–H groups in total. The lowest BCUT2D eigenvalue weighted by molar-refractivity contribution is 0.600. The van der Waals surface area contributed by atoms with E-state index in [1.807, 2.05) is 0 Å². The van der Waals surface area contributed by atoms with E-state index < -0.39 is 10.0 Å². The minimum atomic E-state index is -3.64. The quantitative estimate of drug-likeness (QED) is 0.876. The van der Waals surface area contributed by atoms with Crippen LogP contribution in [0.15, 0.2) is 28.6 Å². The van der Waals surface area contributed by atoms with Gasteiger partial charge in [0.1, 0.15) is 5.51 Å². The summed E-state index contributed by atoms with van der Waals surface area (Å²) in [6, 6.07) is 5.01. The zero-order valence-electron chi connectivity index (χ0n) is 9.62. The minimum absolute atomic E-state index is 0.209. The zero-order chi connectivity index (χ0) is 13.2. The second-order valence-electron chi connectivity index (χ2n) is 3.59. The molecule has 0 radical (unpaired) electrons. The number of nitrogens with zero attached hydrogens (tertiary/aromatic N) is 2. The smallest absolute Gasteiger partial charge is 0.263 e. The van der Waals surface area contributed by atoms with Crippen LogP contribution in [0.25, 0.3) is 0 Å². The fourth-order valence-electron chi connectivity index (χ4n) is 1.56. The number of nitrogens with one attached hydrogen (secondary N) is 1. The van der Waals surface area contributed by atoms with E-state index in [1.54, 1.807) is 19.1 Å². The summed E-state index contributed by atoms with van der Waals surface area (Å²) in [5.41, 5.74) is 8.47. The summed E-state index contributed by atoms with van der Waals surface area (Å²) in [5.74, 6) is 0. The zero-order valence-corrected chi connectivity index (χ0v) is 11.3. The first-order valence-electron chi connectivity index (χ1n) is 5.12. The summed E-state index contributed by atoms with van der Waals surface area (Å²) in [7, 11) is -3.64. The molecule has 18 heavy (non-hydrogen) atoms. The van der Waals surface area contributed by atoms with Gasteiger partial charge in [-0.25, -0.2) is 8.42 Å². The van der Waals surface area contributed by atoms with Crippen LogP contribution in [0.5, 0.6) is 0 Å². The van der Waals surface area contributed by atoms with Crippen molar-refractivity contribution in [3.63, 3.8) is 0 Å². The van der Waals surface area contributed by atoms with Gasteiger partial charge in [-0.1, -0.05) is 23.5 Å². The molecule has 0 aliphatic rings. The number of anilines is 1. The highest BCUT2D eigenvalue weighted by atomic mass is 32.2. The number of sulfonamides is 1. The molecule has 0 atom stereocenters. The average Bonchev–Trinajstić information content (AvgIpc) is 2.81. The first-order valence-corrected chi connectivity index (χ1v) is 7.48. The van der Waals surface area contributed by atoms with Crippen molar-refractivity contribution in [2.45, 2.75) is 18.4 Å². The maximum Gasteiger partial charge on any atom is 0.263 e. The van der Waals surface area contributed by atoms with Crippen molar-refractivity contribution in [2.75, 3.05) is 4.72 Å². The minimum Gasteiger partial charge on any atom is -0.326 e. The second-order valence-corrected chi connectivity index (χ2v) is 6.08. The Morgan fingerprint density at radius 2 is 2.22 bits per heavy atom. The molecule has 0 saturated heterocycles. The lowest BCUT2D eigenvalue weighted by atomic mass is 10.1. The van der Waals surface area contributed by atoms with Crippen LogP contribution in [0, 0.1) is 6.92 Å². The van der Waals surface area contributed by atoms with E-state index in [4.69, 9.17) is 5.73 Å². The fourth-order valence-corrected chi connectivity index (χ4v) is 3.54. The summed E-state index contributed by atoms with van der Waals surface area (Å²) in [6.07, 6.45) is 0. The van der Waals surface area contributed by atoms with E-state index in [0.717, 1.165) is 16.9 Å². The molecule has 0 bridgehead atoms. The SMILES string of the molecule is Cc1c(CN)cccc1S(=O)(=O)Nc1nncs1. The Morgan fingerprint density at radius 1 is 1.44 bits per heavy atom. The third kappa shape index (κ3) is 2.50. The van der Waals surface area contributed by atoms with Crippen molar-refractivity contribution < 1.29 is 8.42 Å². The molecule has 2 rings (SSSR count). The van der Waals surface area contributed by atoms with Gasteiger partial charge in [0.2, 0.25) is 5.13 Å². The molecule has 96 valence electrons. The van der Waals surface area contributed by atoms with E-state index in [1.165, 1.54) is 11.6 Å². The van der Waals surface area contributed by atoms with E-state index in [9.17, 15) is 8.42 Å². The van der Waals surface area contributed by atoms with Crippen LogP contribution in [0.3, 0.4) is 0 Å². The van der Waals surface area contributed by atoms with Gasteiger partial charge in [0.25, 0.3) is 10.0 Å². The lowest BCUT2D eigenvalue weighted by Gasteiger charge is -2.10. The molecule has 0 saturated carbocycles. The maximum atomic E-state index is 12.2. The number of rotatable bonds is 4. The van der Waals surface area contributed by atoms with Crippen molar-refractivity contribution in [1.29, 1.82) is 0 Å². The van der Waals surface area contributed by atoms with Crippen molar-refractivity contribution in [2.24, 2.45) is 5.73 Å². The van der Waals surface area contributed by atoms with Gasteiger partial charge < -0.3 is 5.73 Å². The molecule has 0 fully saturated rings. The molecule has 0 unspecified atom stereocenters. The van der Waals surface area contributed by atoms with Gasteiger partial charge in [-0.3, -0.25) is 4.72 Å². The Hall–Kier alpha value is -1.51. The summed E-state index contributed by atoms with van der Waals surface area (Å²) < 4.78 is 26.7. The Labute approximate surface area is 109 Å². The fraction of sp³-hybridized carbons (Fsp3) is 0.200. The van der Waals surface area contributed by atoms with Crippen LogP contribution in [-0.4, -0.2) is 18.6 Å². The third-order valence-electron chi connectivity index (χ3n) is 2.49. The summed E-state index contributed by atoms with van der Waals surface area (Å²) >= 11 is 1.12. The highest BCUT2D eigenvalue weighted by Crippen LogP contribution is 2.22. The molecule has 0 aliphatic carbocycles. The van der Waals surface area contributed by atoms with Gasteiger partial charge >= 0.3 is 0 Å². The molecule has 2 aromatic rings. The molecule has 0 amide bonds. The summed E-state index contributed by atoms with van der Waals surface area (Å²) in [4.78, 5) is 0.209. The standard InChI is InChI=1S/C10H12N4O2S2/c1-7-8(5-11)3-2-4-9(7)18(15,16)14-10-13-12-6-17-10/h2-4,6H,5,11H2,1H3,(H,13,14). The van der Waals surface area contributed by atoms with Crippen LogP contribution in [0.1, 0.15) is 11.1 Å². The van der Waals surface area contributed by atoms with Crippen molar-refractivity contribution >= 4 is 26.5 Å². The van der Waals surface area contributed by atoms with Crippen molar-refractivity contribution in [1.82, 2.24) is 10.2 Å². The topological polar surface area (TPSA) is 98.0 Å². The van der Waals surface area contributed by atoms with Crippen LogP contribution in [0.2, 0.25) is 0 Å². The van der Waals surface area contributed by atoms with Gasteiger partial charge in [-0.05, 0) is 24.1 Å². The number of nitrogens with two attached hydrogens (primary N) is 1. The maximum absolute atomic E-state index is 12.2. The van der Waals surface area contributed by atoms with E-state index >= 15 is 0 Å². The second kappa shape index (κ2) is 5.01. The monoisotopic (exact) mass is 284 g/mol. The molecule has 1 heterocycles. The summed E-state index contributed by atoms with van der Waals surface area (Å²) in [5, 5.41) is 7.47. The van der Waals surface area contributed by atoms with Gasteiger partial charge in [0.15, 0.2) is 0 Å². The van der Waals surface area contributed by atoms with Gasteiger partial charge in [-0.15, -0.1) is 10.2 Å². The number of benzene rings is 1. The van der Waals surface area contributed by atoms with Crippen molar-refractivity contribution in [3.05, 3.63) is 34.8 Å². The molecule has 6 nitrogen and oxygen atoms in total. The van der Waals surface area contributed by atoms with Crippen LogP contribution in [0.4, 0.5) is 5.13 Å².